The van der Waals surface area contributed by atoms with E-state index >= 15 is 0 Å². The van der Waals surface area contributed by atoms with Crippen LogP contribution in [0.2, 0.25) is 0 Å². The Bertz CT molecular complexity index is 972. The van der Waals surface area contributed by atoms with Crippen LogP contribution >= 0.6 is 0 Å². The van der Waals surface area contributed by atoms with Crippen molar-refractivity contribution in [2.75, 3.05) is 13.1 Å². The molecule has 1 aromatic heterocycles. The van der Waals surface area contributed by atoms with E-state index in [0.717, 1.165) is 26.1 Å². The molecular formula is C22H22N2O. The first-order valence-electron chi connectivity index (χ1n) is 9.12. The largest absolute Gasteiger partial charge is 0.338 e. The van der Waals surface area contributed by atoms with Gasteiger partial charge in [0.1, 0.15) is 5.54 Å². The molecule has 0 spiro atoms. The Balaban J connectivity index is 1.79. The maximum atomic E-state index is 12.9. The average Bonchev–Trinajstić information content (AvgIpc) is 3.12. The number of hydrogen-bond acceptors (Lipinski definition) is 2. The molecule has 3 heteroatoms. The van der Waals surface area contributed by atoms with Crippen LogP contribution in [-0.4, -0.2) is 28.3 Å². The molecule has 2 aromatic carbocycles. The van der Waals surface area contributed by atoms with Gasteiger partial charge in [-0.1, -0.05) is 48.5 Å². The lowest BCUT2D eigenvalue weighted by Gasteiger charge is -2.39. The quantitative estimate of drug-likeness (QED) is 0.715. The lowest BCUT2D eigenvalue weighted by atomic mass is 9.85. The summed E-state index contributed by atoms with van der Waals surface area (Å²) in [7, 11) is 0. The number of carbonyl (C=O) groups is 1. The highest BCUT2D eigenvalue weighted by Crippen LogP contribution is 2.45. The summed E-state index contributed by atoms with van der Waals surface area (Å²) in [6, 6.07) is 19.2. The minimum Gasteiger partial charge on any atom is -0.338 e. The Morgan fingerprint density at radius 3 is 2.52 bits per heavy atom. The number of benzene rings is 2. The zero-order valence-electron chi connectivity index (χ0n) is 14.5. The maximum absolute atomic E-state index is 12.9. The van der Waals surface area contributed by atoms with E-state index in [-0.39, 0.29) is 0 Å². The zero-order chi connectivity index (χ0) is 17.0. The van der Waals surface area contributed by atoms with E-state index in [1.807, 2.05) is 0 Å². The zero-order valence-corrected chi connectivity index (χ0v) is 14.5. The topological polar surface area (TPSA) is 25.2 Å². The second-order valence-electron chi connectivity index (χ2n) is 7.40. The Labute approximate surface area is 147 Å². The third-order valence-electron chi connectivity index (χ3n) is 6.14. The van der Waals surface area contributed by atoms with Crippen molar-refractivity contribution in [3.8, 4) is 0 Å². The van der Waals surface area contributed by atoms with Gasteiger partial charge in [0.25, 0.3) is 0 Å². The van der Waals surface area contributed by atoms with Gasteiger partial charge in [0.2, 0.25) is 0 Å². The lowest BCUT2D eigenvalue weighted by molar-refractivity contribution is -0.125. The van der Waals surface area contributed by atoms with Crippen molar-refractivity contribution in [1.29, 1.82) is 0 Å². The molecule has 3 nitrogen and oxygen atoms in total. The molecule has 1 fully saturated rings. The summed E-state index contributed by atoms with van der Waals surface area (Å²) < 4.78 is 2.40. The van der Waals surface area contributed by atoms with E-state index in [4.69, 9.17) is 0 Å². The minimum atomic E-state index is -0.471. The summed E-state index contributed by atoms with van der Waals surface area (Å²) in [5, 5.41) is 1.31. The van der Waals surface area contributed by atoms with Crippen molar-refractivity contribution >= 4 is 16.7 Å². The van der Waals surface area contributed by atoms with Crippen LogP contribution in [-0.2, 0) is 23.3 Å². The predicted molar refractivity (Wildman–Crippen MR) is 99.7 cm³/mol. The molecule has 1 atom stereocenters. The van der Waals surface area contributed by atoms with Crippen molar-refractivity contribution in [2.24, 2.45) is 0 Å². The van der Waals surface area contributed by atoms with E-state index in [2.05, 4.69) is 71.0 Å². The highest BCUT2D eigenvalue weighted by molar-refractivity contribution is 5.95. The third-order valence-corrected chi connectivity index (χ3v) is 6.14. The van der Waals surface area contributed by atoms with Crippen LogP contribution < -0.4 is 0 Å². The van der Waals surface area contributed by atoms with E-state index < -0.39 is 5.54 Å². The van der Waals surface area contributed by atoms with E-state index in [9.17, 15) is 4.79 Å². The number of carbonyl (C=O) groups excluding carboxylic acids is 1. The summed E-state index contributed by atoms with van der Waals surface area (Å²) in [5.74, 6) is 0.366. The standard InChI is InChI=1S/C22H22N2O/c1-22-20(25)12-14-23(22)13-11-18-17-9-5-6-10-19(17)24(21(18)22)15-16-7-3-2-4-8-16/h2-10H,11-15H2,1H3. The summed E-state index contributed by atoms with van der Waals surface area (Å²) in [4.78, 5) is 15.3. The van der Waals surface area contributed by atoms with Gasteiger partial charge >= 0.3 is 0 Å². The normalized spacial score (nSPS) is 23.0. The summed E-state index contributed by atoms with van der Waals surface area (Å²) >= 11 is 0. The molecule has 2 aliphatic rings. The highest BCUT2D eigenvalue weighted by Gasteiger charge is 2.51. The predicted octanol–water partition coefficient (Wildman–Crippen LogP) is 3.74. The van der Waals surface area contributed by atoms with Crippen LogP contribution in [0.3, 0.4) is 0 Å². The van der Waals surface area contributed by atoms with Crippen LogP contribution in [0, 0.1) is 0 Å². The van der Waals surface area contributed by atoms with Gasteiger partial charge in [0.15, 0.2) is 5.78 Å². The fraction of sp³-hybridized carbons (Fsp3) is 0.318. The Morgan fingerprint density at radius 2 is 1.68 bits per heavy atom. The highest BCUT2D eigenvalue weighted by atomic mass is 16.1. The summed E-state index contributed by atoms with van der Waals surface area (Å²) in [6.07, 6.45) is 1.70. The van der Waals surface area contributed by atoms with Crippen molar-refractivity contribution in [2.45, 2.75) is 31.8 Å². The number of rotatable bonds is 2. The fourth-order valence-corrected chi connectivity index (χ4v) is 4.86. The molecule has 0 bridgehead atoms. The number of nitrogens with zero attached hydrogens (tertiary/aromatic N) is 2. The first kappa shape index (κ1) is 14.9. The minimum absolute atomic E-state index is 0.366. The van der Waals surface area contributed by atoms with Crippen LogP contribution in [0.25, 0.3) is 10.9 Å². The summed E-state index contributed by atoms with van der Waals surface area (Å²) in [6.45, 7) is 4.82. The molecular weight excluding hydrogens is 308 g/mol. The van der Waals surface area contributed by atoms with Gasteiger partial charge in [-0.25, -0.2) is 0 Å². The molecule has 2 aliphatic heterocycles. The van der Waals surface area contributed by atoms with E-state index in [0.29, 0.717) is 12.2 Å². The summed E-state index contributed by atoms with van der Waals surface area (Å²) in [5.41, 5.74) is 4.66. The number of para-hydroxylation sites is 1. The molecule has 25 heavy (non-hydrogen) atoms. The number of fused-ring (bicyclic) bond motifs is 5. The van der Waals surface area contributed by atoms with Crippen molar-refractivity contribution in [3.05, 3.63) is 71.4 Å². The Kier molecular flexibility index (Phi) is 3.16. The molecule has 3 aromatic rings. The lowest BCUT2D eigenvalue weighted by Crippen LogP contribution is -2.48. The Morgan fingerprint density at radius 1 is 0.960 bits per heavy atom. The van der Waals surface area contributed by atoms with Gasteiger partial charge in [-0.15, -0.1) is 0 Å². The van der Waals surface area contributed by atoms with Crippen LogP contribution in [0.4, 0.5) is 0 Å². The fourth-order valence-electron chi connectivity index (χ4n) is 4.86. The molecule has 3 heterocycles. The number of aromatic nitrogens is 1. The van der Waals surface area contributed by atoms with Gasteiger partial charge in [-0.05, 0) is 30.5 Å². The Hall–Kier alpha value is -2.39. The van der Waals surface area contributed by atoms with Crippen LogP contribution in [0.15, 0.2) is 54.6 Å². The monoisotopic (exact) mass is 330 g/mol. The third kappa shape index (κ3) is 1.99. The number of hydrogen-bond donors (Lipinski definition) is 0. The number of Topliss-reactive ketones (excluding diaryl/α,β-unsaturated/α-hetero) is 1. The average molecular weight is 330 g/mol. The molecule has 1 saturated heterocycles. The van der Waals surface area contributed by atoms with E-state index in [1.54, 1.807) is 0 Å². The molecule has 1 unspecified atom stereocenters. The molecule has 126 valence electrons. The van der Waals surface area contributed by atoms with Gasteiger partial charge in [0, 0.05) is 37.0 Å². The molecule has 0 aliphatic carbocycles. The van der Waals surface area contributed by atoms with Crippen molar-refractivity contribution in [1.82, 2.24) is 9.47 Å². The second kappa shape index (κ2) is 5.30. The molecule has 5 rings (SSSR count). The first-order chi connectivity index (χ1) is 12.2. The smallest absolute Gasteiger partial charge is 0.160 e. The first-order valence-corrected chi connectivity index (χ1v) is 9.12. The van der Waals surface area contributed by atoms with Gasteiger partial charge in [-0.3, -0.25) is 9.69 Å². The van der Waals surface area contributed by atoms with Gasteiger partial charge in [0.05, 0.1) is 5.69 Å². The van der Waals surface area contributed by atoms with Crippen LogP contribution in [0.5, 0.6) is 0 Å². The van der Waals surface area contributed by atoms with Gasteiger partial charge in [-0.2, -0.15) is 0 Å². The van der Waals surface area contributed by atoms with Gasteiger partial charge < -0.3 is 4.57 Å². The SMILES string of the molecule is CC12C(=O)CCN1CCc1c2n(Cc2ccccc2)c2ccccc12. The molecule has 0 saturated carbocycles. The van der Waals surface area contributed by atoms with Crippen molar-refractivity contribution in [3.63, 3.8) is 0 Å². The maximum Gasteiger partial charge on any atom is 0.160 e. The number of ketones is 1. The molecule has 0 amide bonds. The van der Waals surface area contributed by atoms with E-state index in [1.165, 1.54) is 27.7 Å². The molecule has 0 N–H and O–H groups in total. The second-order valence-corrected chi connectivity index (χ2v) is 7.40. The van der Waals surface area contributed by atoms with Crippen LogP contribution in [0.1, 0.15) is 30.2 Å². The van der Waals surface area contributed by atoms with Crippen molar-refractivity contribution < 1.29 is 4.79 Å². The molecule has 0 radical (unpaired) electrons.